The maximum absolute atomic E-state index is 12.1. The van der Waals surface area contributed by atoms with E-state index in [2.05, 4.69) is 39.2 Å². The average molecular weight is 491 g/mol. The van der Waals surface area contributed by atoms with Gasteiger partial charge in [0.05, 0.1) is 0 Å². The Morgan fingerprint density at radius 3 is 2.43 bits per heavy atom. The Morgan fingerprint density at radius 2 is 1.86 bits per heavy atom. The van der Waals surface area contributed by atoms with Gasteiger partial charge in [-0.1, -0.05) is 6.07 Å². The van der Waals surface area contributed by atoms with E-state index in [1.165, 1.54) is 37.6 Å². The van der Waals surface area contributed by atoms with Gasteiger partial charge in [-0.05, 0) is 74.7 Å². The van der Waals surface area contributed by atoms with Gasteiger partial charge in [0.1, 0.15) is 0 Å². The molecule has 0 aliphatic carbocycles. The van der Waals surface area contributed by atoms with Crippen molar-refractivity contribution in [3.63, 3.8) is 0 Å². The maximum Gasteiger partial charge on any atom is 0.490 e. The second kappa shape index (κ2) is 11.8. The minimum Gasteiger partial charge on any atom is -0.475 e. The van der Waals surface area contributed by atoms with Gasteiger partial charge in [-0.15, -0.1) is 0 Å². The molecular formula is C25H29F3N4O3. The number of likely N-dealkylation sites (tertiary alicyclic amines) is 1. The Labute approximate surface area is 202 Å². The van der Waals surface area contributed by atoms with Gasteiger partial charge < -0.3 is 15.3 Å². The van der Waals surface area contributed by atoms with E-state index >= 15 is 0 Å². The zero-order valence-corrected chi connectivity index (χ0v) is 19.4. The van der Waals surface area contributed by atoms with Crippen LogP contribution in [0.4, 0.5) is 24.5 Å². The van der Waals surface area contributed by atoms with Crippen molar-refractivity contribution in [3.05, 3.63) is 60.4 Å². The number of aliphatic carboxylic acids is 1. The molecule has 35 heavy (non-hydrogen) atoms. The van der Waals surface area contributed by atoms with Gasteiger partial charge in [0, 0.05) is 55.0 Å². The van der Waals surface area contributed by atoms with E-state index in [0.29, 0.717) is 6.04 Å². The molecule has 0 saturated carbocycles. The van der Waals surface area contributed by atoms with Gasteiger partial charge in [0.2, 0.25) is 5.91 Å². The first kappa shape index (κ1) is 26.2. The summed E-state index contributed by atoms with van der Waals surface area (Å²) in [5, 5.41) is 10.0. The molecule has 2 fully saturated rings. The van der Waals surface area contributed by atoms with Gasteiger partial charge in [-0.2, -0.15) is 13.2 Å². The van der Waals surface area contributed by atoms with Gasteiger partial charge in [-0.3, -0.25) is 14.7 Å². The van der Waals surface area contributed by atoms with Crippen molar-refractivity contribution in [3.8, 4) is 0 Å². The van der Waals surface area contributed by atoms with Crippen molar-refractivity contribution < 1.29 is 27.9 Å². The number of pyridine rings is 1. The second-order valence-electron chi connectivity index (χ2n) is 8.58. The van der Waals surface area contributed by atoms with Crippen LogP contribution in [0.2, 0.25) is 0 Å². The number of anilines is 2. The third kappa shape index (κ3) is 7.81. The van der Waals surface area contributed by atoms with Crippen molar-refractivity contribution in [2.45, 2.75) is 44.4 Å². The Bertz CT molecular complexity index is 1010. The fourth-order valence-electron chi connectivity index (χ4n) is 4.33. The van der Waals surface area contributed by atoms with Crippen molar-refractivity contribution in [1.82, 2.24) is 9.88 Å². The van der Waals surface area contributed by atoms with Crippen molar-refractivity contribution in [2.24, 2.45) is 0 Å². The number of aromatic nitrogens is 1. The van der Waals surface area contributed by atoms with Crippen molar-refractivity contribution in [2.75, 3.05) is 29.9 Å². The lowest BCUT2D eigenvalue weighted by molar-refractivity contribution is -0.192. The number of amides is 1. The molecule has 2 atom stereocenters. The smallest absolute Gasteiger partial charge is 0.475 e. The zero-order valence-electron chi connectivity index (χ0n) is 19.4. The van der Waals surface area contributed by atoms with Crippen LogP contribution < -0.4 is 10.2 Å². The standard InChI is InChI=1S/C23H28N4O.C2HF3O2/c1-18-4-3-14-27(18)22-12-15-26(17-22)21-9-7-20(8-10-21)25-23(28)11-6-19-5-2-13-24-16-19;3-2(4,5)1(6)7/h2,5-11,13,16,18,22H,3-4,12,14-15,17H2,1H3,(H,25,28);(H,6,7). The number of carboxylic acid groups (broad SMARTS) is 1. The summed E-state index contributed by atoms with van der Waals surface area (Å²) >= 11 is 0. The number of alkyl halides is 3. The number of carbonyl (C=O) groups excluding carboxylic acids is 1. The van der Waals surface area contributed by atoms with E-state index in [-0.39, 0.29) is 5.91 Å². The molecule has 4 rings (SSSR count). The van der Waals surface area contributed by atoms with Crippen LogP contribution in [0.25, 0.3) is 6.08 Å². The van der Waals surface area contributed by atoms with E-state index in [1.807, 2.05) is 24.3 Å². The summed E-state index contributed by atoms with van der Waals surface area (Å²) < 4.78 is 31.7. The van der Waals surface area contributed by atoms with Crippen LogP contribution >= 0.6 is 0 Å². The normalized spacial score (nSPS) is 20.5. The summed E-state index contributed by atoms with van der Waals surface area (Å²) in [6, 6.07) is 13.3. The lowest BCUT2D eigenvalue weighted by atomic mass is 10.2. The molecule has 1 aromatic heterocycles. The summed E-state index contributed by atoms with van der Waals surface area (Å²) in [6.45, 7) is 5.81. The van der Waals surface area contributed by atoms with Crippen LogP contribution in [-0.2, 0) is 9.59 Å². The van der Waals surface area contributed by atoms with E-state index < -0.39 is 12.1 Å². The topological polar surface area (TPSA) is 85.8 Å². The number of hydrogen-bond acceptors (Lipinski definition) is 5. The minimum atomic E-state index is -5.08. The molecule has 2 saturated heterocycles. The average Bonchev–Trinajstić information content (AvgIpc) is 3.48. The molecule has 1 amide bonds. The first-order valence-corrected chi connectivity index (χ1v) is 11.4. The third-order valence-electron chi connectivity index (χ3n) is 6.09. The third-order valence-corrected chi connectivity index (χ3v) is 6.09. The highest BCUT2D eigenvalue weighted by molar-refractivity contribution is 6.01. The number of rotatable bonds is 5. The lowest BCUT2D eigenvalue weighted by Crippen LogP contribution is -2.39. The molecule has 2 aliphatic rings. The minimum absolute atomic E-state index is 0.138. The van der Waals surface area contributed by atoms with E-state index in [0.717, 1.165) is 30.4 Å². The Morgan fingerprint density at radius 1 is 1.14 bits per heavy atom. The van der Waals surface area contributed by atoms with E-state index in [9.17, 15) is 18.0 Å². The summed E-state index contributed by atoms with van der Waals surface area (Å²) in [7, 11) is 0. The van der Waals surface area contributed by atoms with Gasteiger partial charge in [0.15, 0.2) is 0 Å². The second-order valence-corrected chi connectivity index (χ2v) is 8.58. The van der Waals surface area contributed by atoms with Crippen LogP contribution in [0.3, 0.4) is 0 Å². The fraction of sp³-hybridized carbons (Fsp3) is 0.400. The number of nitrogens with one attached hydrogen (secondary N) is 1. The molecule has 2 aliphatic heterocycles. The number of halogens is 3. The monoisotopic (exact) mass is 490 g/mol. The first-order chi connectivity index (χ1) is 16.6. The summed E-state index contributed by atoms with van der Waals surface area (Å²) in [5.41, 5.74) is 2.95. The van der Waals surface area contributed by atoms with Gasteiger partial charge in [0.25, 0.3) is 0 Å². The molecule has 3 heterocycles. The lowest BCUT2D eigenvalue weighted by Gasteiger charge is -2.28. The van der Waals surface area contributed by atoms with E-state index in [1.54, 1.807) is 18.5 Å². The Balaban J connectivity index is 0.000000429. The molecular weight excluding hydrogens is 461 g/mol. The molecule has 2 N–H and O–H groups in total. The summed E-state index contributed by atoms with van der Waals surface area (Å²) in [5.74, 6) is -2.90. The van der Waals surface area contributed by atoms with Crippen LogP contribution in [-0.4, -0.2) is 64.8 Å². The van der Waals surface area contributed by atoms with Crippen molar-refractivity contribution >= 4 is 29.3 Å². The molecule has 2 unspecified atom stereocenters. The number of carboxylic acids is 1. The predicted octanol–water partition coefficient (Wildman–Crippen LogP) is 4.43. The molecule has 0 spiro atoms. The highest BCUT2D eigenvalue weighted by Gasteiger charge is 2.38. The first-order valence-electron chi connectivity index (χ1n) is 11.4. The number of carbonyl (C=O) groups is 2. The molecule has 188 valence electrons. The summed E-state index contributed by atoms with van der Waals surface area (Å²) in [4.78, 5) is 30.2. The highest BCUT2D eigenvalue weighted by atomic mass is 19.4. The zero-order chi connectivity index (χ0) is 25.4. The van der Waals surface area contributed by atoms with Gasteiger partial charge in [-0.25, -0.2) is 4.79 Å². The summed E-state index contributed by atoms with van der Waals surface area (Å²) in [6.07, 6.45) is 5.56. The van der Waals surface area contributed by atoms with Crippen LogP contribution in [0.15, 0.2) is 54.9 Å². The van der Waals surface area contributed by atoms with Crippen LogP contribution in [0, 0.1) is 0 Å². The molecule has 2 aromatic rings. The molecule has 0 bridgehead atoms. The SMILES string of the molecule is CC1CCCN1C1CCN(c2ccc(NC(=O)C=Cc3cccnc3)cc2)C1.O=C(O)C(F)(F)F. The Hall–Kier alpha value is -3.40. The predicted molar refractivity (Wildman–Crippen MR) is 128 cm³/mol. The Kier molecular flexibility index (Phi) is 8.86. The van der Waals surface area contributed by atoms with Crippen molar-refractivity contribution in [1.29, 1.82) is 0 Å². The maximum atomic E-state index is 12.1. The number of nitrogens with zero attached hydrogens (tertiary/aromatic N) is 3. The van der Waals surface area contributed by atoms with Crippen LogP contribution in [0.5, 0.6) is 0 Å². The molecule has 1 aromatic carbocycles. The quantitative estimate of drug-likeness (QED) is 0.604. The molecule has 0 radical (unpaired) electrons. The van der Waals surface area contributed by atoms with Gasteiger partial charge >= 0.3 is 12.1 Å². The highest BCUT2D eigenvalue weighted by Crippen LogP contribution is 2.28. The fourth-order valence-corrected chi connectivity index (χ4v) is 4.33. The number of hydrogen-bond donors (Lipinski definition) is 2. The number of benzene rings is 1. The molecule has 10 heteroatoms. The largest absolute Gasteiger partial charge is 0.490 e. The molecule has 7 nitrogen and oxygen atoms in total. The van der Waals surface area contributed by atoms with E-state index in [4.69, 9.17) is 9.90 Å². The van der Waals surface area contributed by atoms with Crippen LogP contribution in [0.1, 0.15) is 31.7 Å².